The Morgan fingerprint density at radius 1 is 1.25 bits per heavy atom. The predicted octanol–water partition coefficient (Wildman–Crippen LogP) is 3.66. The average molecular weight is 351 g/mol. The smallest absolute Gasteiger partial charge is 0.269 e. The Labute approximate surface area is 143 Å². The molecule has 7 nitrogen and oxygen atoms in total. The van der Waals surface area contributed by atoms with Crippen LogP contribution in [0.4, 0.5) is 11.4 Å². The number of hydrogen-bond donors (Lipinski definition) is 1. The highest BCUT2D eigenvalue weighted by molar-refractivity contribution is 6.31. The maximum Gasteiger partial charge on any atom is 0.269 e. The molecule has 0 aliphatic carbocycles. The summed E-state index contributed by atoms with van der Waals surface area (Å²) >= 11 is 5.90. The van der Waals surface area contributed by atoms with Gasteiger partial charge < -0.3 is 14.8 Å². The number of hydrogen-bond acceptors (Lipinski definition) is 5. The van der Waals surface area contributed by atoms with Crippen LogP contribution in [-0.4, -0.2) is 24.5 Å². The van der Waals surface area contributed by atoms with Crippen LogP contribution in [0.15, 0.2) is 42.5 Å². The molecule has 0 aliphatic rings. The van der Waals surface area contributed by atoms with Crippen molar-refractivity contribution in [3.8, 4) is 11.5 Å². The lowest BCUT2D eigenvalue weighted by molar-refractivity contribution is -0.384. The van der Waals surface area contributed by atoms with E-state index in [1.165, 1.54) is 31.4 Å². The minimum absolute atomic E-state index is 0.0202. The average Bonchev–Trinajstić information content (AvgIpc) is 2.55. The van der Waals surface area contributed by atoms with E-state index in [1.807, 2.05) is 0 Å². The van der Waals surface area contributed by atoms with E-state index >= 15 is 0 Å². The lowest BCUT2D eigenvalue weighted by atomic mass is 10.2. The minimum atomic E-state index is -0.490. The van der Waals surface area contributed by atoms with Gasteiger partial charge in [-0.2, -0.15) is 0 Å². The maximum absolute atomic E-state index is 11.9. The molecular weight excluding hydrogens is 336 g/mol. The largest absolute Gasteiger partial charge is 0.495 e. The van der Waals surface area contributed by atoms with Gasteiger partial charge in [0.15, 0.2) is 0 Å². The fourth-order valence-electron chi connectivity index (χ4n) is 1.92. The van der Waals surface area contributed by atoms with Crippen molar-refractivity contribution in [2.24, 2.45) is 0 Å². The van der Waals surface area contributed by atoms with Crippen molar-refractivity contribution in [3.63, 3.8) is 0 Å². The van der Waals surface area contributed by atoms with Crippen molar-refractivity contribution in [1.82, 2.24) is 0 Å². The standard InChI is InChI=1S/C16H15ClN2O5/c1-23-15-7-2-11(17)10-14(15)18-16(20)8-9-24-13-5-3-12(4-6-13)19(21)22/h2-7,10H,8-9H2,1H3,(H,18,20). The Morgan fingerprint density at radius 3 is 2.58 bits per heavy atom. The number of amides is 1. The van der Waals surface area contributed by atoms with Crippen LogP contribution in [0.3, 0.4) is 0 Å². The zero-order valence-corrected chi connectivity index (χ0v) is 13.6. The molecule has 0 spiro atoms. The fourth-order valence-corrected chi connectivity index (χ4v) is 2.09. The van der Waals surface area contributed by atoms with Crippen LogP contribution in [0.1, 0.15) is 6.42 Å². The van der Waals surface area contributed by atoms with Crippen LogP contribution in [-0.2, 0) is 4.79 Å². The number of nitro groups is 1. The zero-order valence-electron chi connectivity index (χ0n) is 12.8. The molecule has 0 fully saturated rings. The Hall–Kier alpha value is -2.80. The molecule has 0 radical (unpaired) electrons. The van der Waals surface area contributed by atoms with Crippen LogP contribution in [0, 0.1) is 10.1 Å². The third-order valence-electron chi connectivity index (χ3n) is 3.08. The molecule has 0 heterocycles. The van der Waals surface area contributed by atoms with E-state index in [0.717, 1.165) is 0 Å². The van der Waals surface area contributed by atoms with Gasteiger partial charge in [0.2, 0.25) is 5.91 Å². The molecule has 126 valence electrons. The summed E-state index contributed by atoms with van der Waals surface area (Å²) in [5.74, 6) is 0.690. The van der Waals surface area contributed by atoms with E-state index in [-0.39, 0.29) is 24.6 Å². The second-order valence-electron chi connectivity index (χ2n) is 4.74. The number of benzene rings is 2. The van der Waals surface area contributed by atoms with Crippen LogP contribution in [0.5, 0.6) is 11.5 Å². The summed E-state index contributed by atoms with van der Waals surface area (Å²) in [6.07, 6.45) is 0.104. The summed E-state index contributed by atoms with van der Waals surface area (Å²) in [6.45, 7) is 0.131. The minimum Gasteiger partial charge on any atom is -0.495 e. The van der Waals surface area contributed by atoms with Gasteiger partial charge >= 0.3 is 0 Å². The Morgan fingerprint density at radius 2 is 1.96 bits per heavy atom. The summed E-state index contributed by atoms with van der Waals surface area (Å²) in [7, 11) is 1.50. The van der Waals surface area contributed by atoms with Crippen molar-refractivity contribution in [2.75, 3.05) is 19.0 Å². The zero-order chi connectivity index (χ0) is 17.5. The van der Waals surface area contributed by atoms with Crippen LogP contribution in [0.2, 0.25) is 5.02 Å². The number of nitrogens with one attached hydrogen (secondary N) is 1. The number of carbonyl (C=O) groups is 1. The molecule has 24 heavy (non-hydrogen) atoms. The van der Waals surface area contributed by atoms with Gasteiger partial charge in [0, 0.05) is 17.2 Å². The molecular formula is C16H15ClN2O5. The first-order valence-corrected chi connectivity index (χ1v) is 7.38. The highest BCUT2D eigenvalue weighted by atomic mass is 35.5. The lowest BCUT2D eigenvalue weighted by Crippen LogP contribution is -2.15. The Kier molecular flexibility index (Phi) is 5.97. The topological polar surface area (TPSA) is 90.7 Å². The normalized spacial score (nSPS) is 10.1. The summed E-state index contributed by atoms with van der Waals surface area (Å²) in [5, 5.41) is 13.7. The second kappa shape index (κ2) is 8.16. The van der Waals surface area contributed by atoms with E-state index in [4.69, 9.17) is 21.1 Å². The molecule has 0 saturated carbocycles. The second-order valence-corrected chi connectivity index (χ2v) is 5.18. The monoisotopic (exact) mass is 350 g/mol. The molecule has 0 atom stereocenters. The number of methoxy groups -OCH3 is 1. The van der Waals surface area contributed by atoms with Gasteiger partial charge in [-0.05, 0) is 30.3 Å². The third-order valence-corrected chi connectivity index (χ3v) is 3.32. The van der Waals surface area contributed by atoms with Crippen LogP contribution in [0.25, 0.3) is 0 Å². The van der Waals surface area contributed by atoms with Gasteiger partial charge in [-0.1, -0.05) is 11.6 Å². The van der Waals surface area contributed by atoms with Gasteiger partial charge in [-0.3, -0.25) is 14.9 Å². The molecule has 0 unspecified atom stereocenters. The number of halogens is 1. The molecule has 2 rings (SSSR count). The van der Waals surface area contributed by atoms with Crippen molar-refractivity contribution >= 4 is 28.9 Å². The number of non-ortho nitro benzene ring substituents is 1. The first kappa shape index (κ1) is 17.6. The third kappa shape index (κ3) is 4.85. The van der Waals surface area contributed by atoms with Gasteiger partial charge in [0.25, 0.3) is 5.69 Å². The van der Waals surface area contributed by atoms with E-state index < -0.39 is 4.92 Å². The number of carbonyl (C=O) groups excluding carboxylic acids is 1. The van der Waals surface area contributed by atoms with E-state index in [1.54, 1.807) is 18.2 Å². The Balaban J connectivity index is 1.85. The van der Waals surface area contributed by atoms with Crippen molar-refractivity contribution in [3.05, 3.63) is 57.6 Å². The molecule has 0 aliphatic heterocycles. The molecule has 1 N–H and O–H groups in total. The summed E-state index contributed by atoms with van der Waals surface area (Å²) in [5.41, 5.74) is 0.457. The molecule has 0 saturated heterocycles. The first-order valence-electron chi connectivity index (χ1n) is 7.00. The number of anilines is 1. The van der Waals surface area contributed by atoms with E-state index in [0.29, 0.717) is 22.2 Å². The van der Waals surface area contributed by atoms with Crippen LogP contribution >= 0.6 is 11.6 Å². The van der Waals surface area contributed by atoms with Gasteiger partial charge in [-0.25, -0.2) is 0 Å². The SMILES string of the molecule is COc1ccc(Cl)cc1NC(=O)CCOc1ccc([N+](=O)[O-])cc1. The first-order chi connectivity index (χ1) is 11.5. The van der Waals surface area contributed by atoms with E-state index in [9.17, 15) is 14.9 Å². The molecule has 0 bridgehead atoms. The summed E-state index contributed by atoms with van der Waals surface area (Å²) in [6, 6.07) is 10.6. The summed E-state index contributed by atoms with van der Waals surface area (Å²) < 4.78 is 10.5. The van der Waals surface area contributed by atoms with Gasteiger partial charge in [0.05, 0.1) is 30.7 Å². The quantitative estimate of drug-likeness (QED) is 0.607. The molecule has 8 heteroatoms. The number of nitro benzene ring substituents is 1. The van der Waals surface area contributed by atoms with Crippen molar-refractivity contribution in [2.45, 2.75) is 6.42 Å². The predicted molar refractivity (Wildman–Crippen MR) is 89.8 cm³/mol. The number of rotatable bonds is 7. The van der Waals surface area contributed by atoms with Gasteiger partial charge in [-0.15, -0.1) is 0 Å². The van der Waals surface area contributed by atoms with E-state index in [2.05, 4.69) is 5.32 Å². The van der Waals surface area contributed by atoms with Crippen LogP contribution < -0.4 is 14.8 Å². The lowest BCUT2D eigenvalue weighted by Gasteiger charge is -2.11. The van der Waals surface area contributed by atoms with Crippen molar-refractivity contribution < 1.29 is 19.2 Å². The highest BCUT2D eigenvalue weighted by Gasteiger charge is 2.09. The number of ether oxygens (including phenoxy) is 2. The van der Waals surface area contributed by atoms with Crippen molar-refractivity contribution in [1.29, 1.82) is 0 Å². The van der Waals surface area contributed by atoms with Gasteiger partial charge in [0.1, 0.15) is 11.5 Å². The molecule has 1 amide bonds. The summed E-state index contributed by atoms with van der Waals surface area (Å²) in [4.78, 5) is 22.0. The highest BCUT2D eigenvalue weighted by Crippen LogP contribution is 2.27. The fraction of sp³-hybridized carbons (Fsp3) is 0.188. The molecule has 2 aromatic rings. The maximum atomic E-state index is 11.9. The molecule has 0 aromatic heterocycles. The number of nitrogens with zero attached hydrogens (tertiary/aromatic N) is 1. The Bertz CT molecular complexity index is 734. The molecule has 2 aromatic carbocycles.